The van der Waals surface area contributed by atoms with E-state index in [-0.39, 0.29) is 0 Å². The summed E-state index contributed by atoms with van der Waals surface area (Å²) in [5, 5.41) is 11.7. The van der Waals surface area contributed by atoms with Gasteiger partial charge in [-0.05, 0) is 93.0 Å². The molecule has 0 radical (unpaired) electrons. The quantitative estimate of drug-likeness (QED) is 0.143. The van der Waals surface area contributed by atoms with Gasteiger partial charge in [0.25, 0.3) is 0 Å². The molecule has 0 bridgehead atoms. The van der Waals surface area contributed by atoms with Gasteiger partial charge in [-0.15, -0.1) is 0 Å². The Morgan fingerprint density at radius 2 is 0.677 bits per heavy atom. The molecule has 2 heterocycles. The fourth-order valence-corrected chi connectivity index (χ4v) is 10.0. The number of nitrogens with zero attached hydrogens (tertiary/aromatic N) is 2. The van der Waals surface area contributed by atoms with Gasteiger partial charge in [0.2, 0.25) is 0 Å². The Morgan fingerprint density at radius 3 is 1.08 bits per heavy atom. The van der Waals surface area contributed by atoms with Gasteiger partial charge in [0, 0.05) is 43.7 Å². The van der Waals surface area contributed by atoms with E-state index < -0.39 is 0 Å². The van der Waals surface area contributed by atoms with Crippen LogP contribution in [0.1, 0.15) is 50.7 Å². The minimum atomic E-state index is 0.331. The van der Waals surface area contributed by atoms with Crippen LogP contribution < -0.4 is 9.80 Å². The van der Waals surface area contributed by atoms with Crippen LogP contribution in [-0.2, 0) is 0 Å². The molecule has 0 saturated heterocycles. The van der Waals surface area contributed by atoms with Crippen molar-refractivity contribution in [3.05, 3.63) is 193 Å². The summed E-state index contributed by atoms with van der Waals surface area (Å²) < 4.78 is 13.9. The average molecular weight is 801 g/mol. The van der Waals surface area contributed by atoms with Crippen LogP contribution in [0.15, 0.2) is 191 Å². The predicted molar refractivity (Wildman–Crippen MR) is 262 cm³/mol. The van der Waals surface area contributed by atoms with Crippen LogP contribution in [0.25, 0.3) is 76.2 Å². The van der Waals surface area contributed by atoms with Crippen molar-refractivity contribution in [2.75, 3.05) is 9.80 Å². The molecule has 0 saturated carbocycles. The van der Waals surface area contributed by atoms with E-state index in [4.69, 9.17) is 8.83 Å². The van der Waals surface area contributed by atoms with Crippen LogP contribution in [0.5, 0.6) is 0 Å². The first-order chi connectivity index (χ1) is 30.4. The molecule has 0 fully saturated rings. The first-order valence-electron chi connectivity index (χ1n) is 21.7. The molecule has 0 aliphatic rings. The molecular formula is C58H44N2O2. The minimum Gasteiger partial charge on any atom is -0.454 e. The zero-order valence-corrected chi connectivity index (χ0v) is 35.2. The zero-order valence-electron chi connectivity index (χ0n) is 35.2. The Bertz CT molecular complexity index is 3410. The smallest absolute Gasteiger partial charge is 0.159 e. The van der Waals surface area contributed by atoms with Crippen LogP contribution in [-0.4, -0.2) is 0 Å². The molecule has 0 atom stereocenters. The molecule has 0 amide bonds. The van der Waals surface area contributed by atoms with E-state index in [1.807, 2.05) is 0 Å². The molecule has 12 aromatic rings. The summed E-state index contributed by atoms with van der Waals surface area (Å²) in [5.41, 5.74) is 12.4. The Kier molecular flexibility index (Phi) is 8.20. The molecule has 10 aromatic carbocycles. The zero-order chi connectivity index (χ0) is 41.6. The number of anilines is 6. The minimum absolute atomic E-state index is 0.331. The van der Waals surface area contributed by atoms with Crippen molar-refractivity contribution in [1.29, 1.82) is 0 Å². The lowest BCUT2D eigenvalue weighted by Gasteiger charge is -2.29. The highest BCUT2D eigenvalue weighted by Crippen LogP contribution is 2.50. The summed E-state index contributed by atoms with van der Waals surface area (Å²) in [6.45, 7) is 8.93. The summed E-state index contributed by atoms with van der Waals surface area (Å²) >= 11 is 0. The highest BCUT2D eigenvalue weighted by molar-refractivity contribution is 6.28. The number of hydrogen-bond acceptors (Lipinski definition) is 4. The van der Waals surface area contributed by atoms with Crippen molar-refractivity contribution in [2.45, 2.75) is 39.5 Å². The van der Waals surface area contributed by atoms with E-state index in [2.05, 4.69) is 219 Å². The maximum Gasteiger partial charge on any atom is 0.159 e. The maximum atomic E-state index is 6.96. The molecule has 0 aliphatic carbocycles. The molecule has 4 nitrogen and oxygen atoms in total. The van der Waals surface area contributed by atoms with E-state index in [0.29, 0.717) is 11.8 Å². The van der Waals surface area contributed by atoms with E-state index in [9.17, 15) is 0 Å². The van der Waals surface area contributed by atoms with E-state index >= 15 is 0 Å². The van der Waals surface area contributed by atoms with Gasteiger partial charge >= 0.3 is 0 Å². The Labute approximate surface area is 360 Å². The van der Waals surface area contributed by atoms with Crippen molar-refractivity contribution < 1.29 is 8.83 Å². The highest BCUT2D eigenvalue weighted by Gasteiger charge is 2.26. The molecule has 0 N–H and O–H groups in total. The van der Waals surface area contributed by atoms with Gasteiger partial charge in [0.15, 0.2) is 11.2 Å². The van der Waals surface area contributed by atoms with E-state index in [1.54, 1.807) is 0 Å². The first-order valence-corrected chi connectivity index (χ1v) is 21.7. The van der Waals surface area contributed by atoms with Gasteiger partial charge in [0.05, 0.1) is 22.7 Å². The second kappa shape index (κ2) is 14.0. The van der Waals surface area contributed by atoms with Gasteiger partial charge in [-0.1, -0.05) is 161 Å². The topological polar surface area (TPSA) is 32.8 Å². The van der Waals surface area contributed by atoms with Crippen molar-refractivity contribution in [1.82, 2.24) is 0 Å². The molecule has 298 valence electrons. The number of rotatable bonds is 8. The molecule has 62 heavy (non-hydrogen) atoms. The summed E-state index contributed by atoms with van der Waals surface area (Å²) in [7, 11) is 0. The summed E-state index contributed by atoms with van der Waals surface area (Å²) in [6.07, 6.45) is 0. The van der Waals surface area contributed by atoms with Gasteiger partial charge in [-0.3, -0.25) is 0 Å². The third-order valence-electron chi connectivity index (χ3n) is 12.9. The molecule has 0 spiro atoms. The highest BCUT2D eigenvalue weighted by atomic mass is 16.3. The largest absolute Gasteiger partial charge is 0.454 e. The van der Waals surface area contributed by atoms with Crippen LogP contribution in [0.4, 0.5) is 34.1 Å². The van der Waals surface area contributed by atoms with Crippen LogP contribution in [0, 0.1) is 0 Å². The van der Waals surface area contributed by atoms with Crippen LogP contribution >= 0.6 is 0 Å². The van der Waals surface area contributed by atoms with Gasteiger partial charge < -0.3 is 18.6 Å². The van der Waals surface area contributed by atoms with Crippen molar-refractivity contribution in [3.63, 3.8) is 0 Å². The second-order valence-corrected chi connectivity index (χ2v) is 17.2. The normalized spacial score (nSPS) is 12.2. The number of fused-ring (bicyclic) bond motifs is 6. The van der Waals surface area contributed by atoms with Crippen LogP contribution in [0.3, 0.4) is 0 Å². The lowest BCUT2D eigenvalue weighted by molar-refractivity contribution is 0.657. The van der Waals surface area contributed by atoms with Crippen molar-refractivity contribution in [2.24, 2.45) is 0 Å². The van der Waals surface area contributed by atoms with Gasteiger partial charge in [-0.2, -0.15) is 0 Å². The fourth-order valence-electron chi connectivity index (χ4n) is 10.0. The first kappa shape index (κ1) is 36.3. The fraction of sp³-hybridized carbons (Fsp3) is 0.103. The molecule has 0 aliphatic heterocycles. The van der Waals surface area contributed by atoms with Crippen molar-refractivity contribution >= 4 is 110 Å². The molecule has 2 aromatic heterocycles. The Hall–Kier alpha value is -7.56. The second-order valence-electron chi connectivity index (χ2n) is 17.2. The number of benzene rings is 10. The van der Waals surface area contributed by atoms with Gasteiger partial charge in [-0.25, -0.2) is 0 Å². The van der Waals surface area contributed by atoms with E-state index in [0.717, 1.165) is 78.0 Å². The predicted octanol–water partition coefficient (Wildman–Crippen LogP) is 17.6. The molecule has 0 unspecified atom stereocenters. The average Bonchev–Trinajstić information content (AvgIpc) is 3.89. The molecule has 12 rings (SSSR count). The summed E-state index contributed by atoms with van der Waals surface area (Å²) in [5.74, 6) is 0.662. The Morgan fingerprint density at radius 1 is 0.306 bits per heavy atom. The Balaban J connectivity index is 1.12. The molecular weight excluding hydrogens is 757 g/mol. The summed E-state index contributed by atoms with van der Waals surface area (Å²) in [4.78, 5) is 4.77. The van der Waals surface area contributed by atoms with Crippen LogP contribution in [0.2, 0.25) is 0 Å². The van der Waals surface area contributed by atoms with E-state index in [1.165, 1.54) is 43.4 Å². The summed E-state index contributed by atoms with van der Waals surface area (Å²) in [6, 6.07) is 65.9. The number of para-hydroxylation sites is 6. The number of hydrogen-bond donors (Lipinski definition) is 0. The van der Waals surface area contributed by atoms with Gasteiger partial charge in [0.1, 0.15) is 11.2 Å². The maximum absolute atomic E-state index is 6.96. The monoisotopic (exact) mass is 800 g/mol. The number of furan rings is 2. The third kappa shape index (κ3) is 5.39. The van der Waals surface area contributed by atoms with Crippen molar-refractivity contribution in [3.8, 4) is 0 Å². The molecule has 4 heteroatoms. The SMILES string of the molecule is CC(C)c1cccc2c1oc1c(N(c3ccccc3)c3ccc4ccc5c(N(c6ccccc6)c6cccc7c6oc6c(C(C)C)cccc67)ccc6ccc3c4c65)cccc12. The lowest BCUT2D eigenvalue weighted by atomic mass is 9.91. The lowest BCUT2D eigenvalue weighted by Crippen LogP contribution is -2.11. The third-order valence-corrected chi connectivity index (χ3v) is 12.9. The standard InChI is InChI=1S/C58H44N2O2/c1-35(2)41-19-11-21-43-45-23-13-25-51(57(45)61-55(41)43)59(39-15-7-5-8-16-39)49-33-29-37-28-32-48-50(34-30-38-27-31-47(49)53(37)54(38)48)60(40-17-9-6-10-18-40)52-26-14-24-46-44-22-12-20-42(36(3)4)56(44)62-58(46)52/h5-36H,1-4H3.